The highest BCUT2D eigenvalue weighted by Gasteiger charge is 2.34. The fourth-order valence-electron chi connectivity index (χ4n) is 2.46. The summed E-state index contributed by atoms with van der Waals surface area (Å²) in [5, 5.41) is 11.4. The number of aliphatic hydroxyl groups is 1. The lowest BCUT2D eigenvalue weighted by atomic mass is 9.84. The van der Waals surface area contributed by atoms with Crippen LogP contribution in [0.2, 0.25) is 0 Å². The molecule has 3 rings (SSSR count). The van der Waals surface area contributed by atoms with Crippen LogP contribution in [-0.2, 0) is 4.74 Å². The van der Waals surface area contributed by atoms with E-state index in [0.717, 1.165) is 19.6 Å². The van der Waals surface area contributed by atoms with E-state index in [1.807, 2.05) is 0 Å². The van der Waals surface area contributed by atoms with E-state index in [1.54, 1.807) is 0 Å². The number of carbonyl (C=O) groups is 1. The molecule has 0 aliphatic carbocycles. The van der Waals surface area contributed by atoms with E-state index in [-0.39, 0.29) is 19.3 Å². The number of fused-ring (bicyclic) bond motifs is 3. The van der Waals surface area contributed by atoms with Gasteiger partial charge >= 0.3 is 6.09 Å². The molecule has 1 amide bonds. The second-order valence-corrected chi connectivity index (χ2v) is 4.25. The highest BCUT2D eigenvalue weighted by molar-refractivity contribution is 5.67. The lowest BCUT2D eigenvalue weighted by molar-refractivity contribution is 0.0619. The Hall–Kier alpha value is -0.810. The van der Waals surface area contributed by atoms with Gasteiger partial charge in [-0.3, -0.25) is 0 Å². The number of hydrogen-bond donors (Lipinski definition) is 2. The summed E-state index contributed by atoms with van der Waals surface area (Å²) in [5.41, 5.74) is 0. The first-order chi connectivity index (χ1) is 7.29. The van der Waals surface area contributed by atoms with Crippen molar-refractivity contribution in [3.63, 3.8) is 0 Å². The Morgan fingerprint density at radius 2 is 2.20 bits per heavy atom. The van der Waals surface area contributed by atoms with Gasteiger partial charge in [0.1, 0.15) is 6.61 Å². The Labute approximate surface area is 89.4 Å². The van der Waals surface area contributed by atoms with Crippen molar-refractivity contribution in [1.29, 1.82) is 0 Å². The number of aliphatic hydroxyl groups excluding tert-OH is 1. The molecule has 2 N–H and O–H groups in total. The van der Waals surface area contributed by atoms with E-state index in [9.17, 15) is 4.79 Å². The van der Waals surface area contributed by atoms with Gasteiger partial charge in [0.25, 0.3) is 0 Å². The molecule has 3 aliphatic rings. The zero-order chi connectivity index (χ0) is 10.7. The molecule has 86 valence electrons. The predicted molar refractivity (Wildman–Crippen MR) is 54.5 cm³/mol. The molecule has 0 aromatic rings. The Morgan fingerprint density at radius 3 is 2.73 bits per heavy atom. The molecule has 3 fully saturated rings. The van der Waals surface area contributed by atoms with Gasteiger partial charge in [-0.25, -0.2) is 4.79 Å². The first-order valence-corrected chi connectivity index (χ1v) is 5.56. The minimum atomic E-state index is -0.400. The highest BCUT2D eigenvalue weighted by atomic mass is 16.6. The number of hydrogen-bond acceptors (Lipinski definition) is 4. The third-order valence-corrected chi connectivity index (χ3v) is 3.28. The third kappa shape index (κ3) is 2.60. The highest BCUT2D eigenvalue weighted by Crippen LogP contribution is 2.27. The van der Waals surface area contributed by atoms with Crippen molar-refractivity contribution in [3.05, 3.63) is 0 Å². The molecule has 3 heterocycles. The number of piperidine rings is 3. The zero-order valence-electron chi connectivity index (χ0n) is 8.82. The average molecular weight is 214 g/mol. The second kappa shape index (κ2) is 4.81. The maximum atomic E-state index is 11.3. The first-order valence-electron chi connectivity index (χ1n) is 5.56. The van der Waals surface area contributed by atoms with Crippen LogP contribution in [0, 0.1) is 5.92 Å². The van der Waals surface area contributed by atoms with Crippen LogP contribution in [0.3, 0.4) is 0 Å². The number of amides is 1. The van der Waals surface area contributed by atoms with Crippen LogP contribution in [-0.4, -0.2) is 55.0 Å². The number of alkyl carbamates (subject to hydrolysis) is 1. The van der Waals surface area contributed by atoms with Crippen LogP contribution in [0.15, 0.2) is 0 Å². The van der Waals surface area contributed by atoms with Gasteiger partial charge in [-0.1, -0.05) is 0 Å². The molecule has 5 heteroatoms. The quantitative estimate of drug-likeness (QED) is 0.683. The number of carbonyl (C=O) groups excluding carboxylic acids is 1. The number of ether oxygens (including phenoxy) is 1. The van der Waals surface area contributed by atoms with E-state index in [0.29, 0.717) is 5.92 Å². The molecule has 0 spiro atoms. The fourth-order valence-corrected chi connectivity index (χ4v) is 2.46. The van der Waals surface area contributed by atoms with Crippen LogP contribution < -0.4 is 5.32 Å². The smallest absolute Gasteiger partial charge is 0.407 e. The van der Waals surface area contributed by atoms with Crippen molar-refractivity contribution in [2.24, 2.45) is 5.92 Å². The fraction of sp³-hybridized carbons (Fsp3) is 0.900. The minimum Gasteiger partial charge on any atom is -0.447 e. The minimum absolute atomic E-state index is 0.0763. The Balaban J connectivity index is 1.77. The van der Waals surface area contributed by atoms with Gasteiger partial charge in [-0.2, -0.15) is 0 Å². The summed E-state index contributed by atoms with van der Waals surface area (Å²) >= 11 is 0. The molecule has 5 nitrogen and oxygen atoms in total. The van der Waals surface area contributed by atoms with E-state index in [2.05, 4.69) is 10.2 Å². The van der Waals surface area contributed by atoms with Crippen LogP contribution in [0.4, 0.5) is 4.79 Å². The molecule has 0 aromatic carbocycles. The summed E-state index contributed by atoms with van der Waals surface area (Å²) in [7, 11) is 0. The van der Waals surface area contributed by atoms with Crippen LogP contribution in [0.1, 0.15) is 12.8 Å². The summed E-state index contributed by atoms with van der Waals surface area (Å²) in [5.74, 6) is 0.608. The largest absolute Gasteiger partial charge is 0.447 e. The normalized spacial score (nSPS) is 33.8. The van der Waals surface area contributed by atoms with E-state index in [4.69, 9.17) is 9.84 Å². The average Bonchev–Trinajstić information content (AvgIpc) is 2.28. The number of nitrogens with zero attached hydrogens (tertiary/aromatic N) is 1. The van der Waals surface area contributed by atoms with Gasteiger partial charge in [0, 0.05) is 12.6 Å². The molecule has 15 heavy (non-hydrogen) atoms. The molecule has 3 aliphatic heterocycles. The Bertz CT molecular complexity index is 227. The van der Waals surface area contributed by atoms with Crippen molar-refractivity contribution in [2.75, 3.05) is 32.8 Å². The summed E-state index contributed by atoms with van der Waals surface area (Å²) in [6.07, 6.45) is 1.94. The summed E-state index contributed by atoms with van der Waals surface area (Å²) in [6, 6.07) is 0.235. The molecule has 0 radical (unpaired) electrons. The Kier molecular flexibility index (Phi) is 3.43. The first kappa shape index (κ1) is 10.7. The van der Waals surface area contributed by atoms with Crippen LogP contribution in [0.25, 0.3) is 0 Å². The summed E-state index contributed by atoms with van der Waals surface area (Å²) < 4.78 is 4.78. The van der Waals surface area contributed by atoms with Gasteiger partial charge in [0.15, 0.2) is 0 Å². The van der Waals surface area contributed by atoms with Gasteiger partial charge in [-0.15, -0.1) is 0 Å². The lowest BCUT2D eigenvalue weighted by Crippen LogP contribution is -2.57. The topological polar surface area (TPSA) is 61.8 Å². The van der Waals surface area contributed by atoms with Crippen molar-refractivity contribution < 1.29 is 14.6 Å². The van der Waals surface area contributed by atoms with E-state index >= 15 is 0 Å². The number of nitrogens with one attached hydrogen (secondary N) is 1. The molecule has 0 saturated carbocycles. The van der Waals surface area contributed by atoms with Gasteiger partial charge in [-0.05, 0) is 31.8 Å². The maximum absolute atomic E-state index is 11.3. The second-order valence-electron chi connectivity index (χ2n) is 4.25. The molecule has 2 bridgehead atoms. The molecular weight excluding hydrogens is 196 g/mol. The monoisotopic (exact) mass is 214 g/mol. The van der Waals surface area contributed by atoms with Crippen molar-refractivity contribution in [2.45, 2.75) is 18.9 Å². The van der Waals surface area contributed by atoms with Gasteiger partial charge in [0.2, 0.25) is 0 Å². The van der Waals surface area contributed by atoms with Gasteiger partial charge < -0.3 is 20.1 Å². The lowest BCUT2D eigenvalue weighted by Gasteiger charge is -2.44. The maximum Gasteiger partial charge on any atom is 0.407 e. The third-order valence-electron chi connectivity index (χ3n) is 3.28. The van der Waals surface area contributed by atoms with Crippen molar-refractivity contribution in [3.8, 4) is 0 Å². The Morgan fingerprint density at radius 1 is 1.47 bits per heavy atom. The van der Waals surface area contributed by atoms with Crippen LogP contribution in [0.5, 0.6) is 0 Å². The van der Waals surface area contributed by atoms with E-state index < -0.39 is 6.09 Å². The summed E-state index contributed by atoms with van der Waals surface area (Å²) in [6.45, 7) is 3.22. The molecular formula is C10H18N2O3. The molecule has 1 atom stereocenters. The number of rotatable bonds is 3. The molecule has 1 unspecified atom stereocenters. The SMILES string of the molecule is O=C(NC1CN2CCC1CC2)OCCO. The zero-order valence-corrected chi connectivity index (χ0v) is 8.82. The summed E-state index contributed by atoms with van der Waals surface area (Å²) in [4.78, 5) is 13.7. The van der Waals surface area contributed by atoms with E-state index in [1.165, 1.54) is 12.8 Å². The predicted octanol–water partition coefficient (Wildman–Crippen LogP) is -0.201. The van der Waals surface area contributed by atoms with Crippen molar-refractivity contribution in [1.82, 2.24) is 10.2 Å². The van der Waals surface area contributed by atoms with Crippen LogP contribution >= 0.6 is 0 Å². The molecule has 3 saturated heterocycles. The molecule has 0 aromatic heterocycles. The standard InChI is InChI=1S/C10H18N2O3/c13-5-6-15-10(14)11-9-7-12-3-1-8(9)2-4-12/h8-9,13H,1-7H2,(H,11,14). The van der Waals surface area contributed by atoms with Gasteiger partial charge in [0.05, 0.1) is 6.61 Å². The van der Waals surface area contributed by atoms with Crippen molar-refractivity contribution >= 4 is 6.09 Å².